The second kappa shape index (κ2) is 7.79. The van der Waals surface area contributed by atoms with Crippen molar-refractivity contribution in [3.05, 3.63) is 77.7 Å². The van der Waals surface area contributed by atoms with E-state index in [1.165, 1.54) is 12.1 Å². The molecule has 2 heterocycles. The molecule has 2 atom stereocenters. The van der Waals surface area contributed by atoms with Crippen LogP contribution in [-0.4, -0.2) is 58.7 Å². The van der Waals surface area contributed by atoms with Crippen molar-refractivity contribution < 1.29 is 9.18 Å². The van der Waals surface area contributed by atoms with Crippen LogP contribution < -0.4 is 0 Å². The Morgan fingerprint density at radius 2 is 1.76 bits per heavy atom. The van der Waals surface area contributed by atoms with Gasteiger partial charge in [0.25, 0.3) is 5.91 Å². The van der Waals surface area contributed by atoms with E-state index in [2.05, 4.69) is 10.00 Å². The molecule has 1 aliphatic rings. The minimum Gasteiger partial charge on any atom is -0.335 e. The lowest BCUT2D eigenvalue weighted by Gasteiger charge is -2.25. The number of likely N-dealkylation sites (N-methyl/N-ethyl adjacent to an activating group) is 1. The Kier molecular flexibility index (Phi) is 5.20. The van der Waals surface area contributed by atoms with Crippen LogP contribution in [0.5, 0.6) is 0 Å². The minimum absolute atomic E-state index is 0.0290. The van der Waals surface area contributed by atoms with Gasteiger partial charge in [-0.05, 0) is 37.9 Å². The second-order valence-corrected chi connectivity index (χ2v) is 7.80. The van der Waals surface area contributed by atoms with Gasteiger partial charge in [0.15, 0.2) is 0 Å². The Labute approximate surface area is 170 Å². The second-order valence-electron chi connectivity index (χ2n) is 7.80. The maximum Gasteiger partial charge on any atom is 0.272 e. The Hall–Kier alpha value is -2.99. The standard InChI is InChI=1S/C23H25FN4O/c1-26(2)22-15-28(14-19(22)16-9-11-18(24)12-10-16)23(29)21-13-20(25-27(21)3)17-7-5-4-6-8-17/h4-13,19,22H,14-15H2,1-3H3/t19-,22+/m0/s1. The molecule has 1 amide bonds. The molecule has 0 N–H and O–H groups in total. The highest BCUT2D eigenvalue weighted by atomic mass is 19.1. The van der Waals surface area contributed by atoms with E-state index in [1.807, 2.05) is 67.5 Å². The van der Waals surface area contributed by atoms with Crippen LogP contribution in [0.4, 0.5) is 4.39 Å². The average Bonchev–Trinajstić information content (AvgIpc) is 3.33. The molecule has 1 saturated heterocycles. The predicted octanol–water partition coefficient (Wildman–Crippen LogP) is 3.40. The van der Waals surface area contributed by atoms with Crippen LogP contribution in [0, 0.1) is 5.82 Å². The van der Waals surface area contributed by atoms with Crippen molar-refractivity contribution in [2.45, 2.75) is 12.0 Å². The maximum absolute atomic E-state index is 13.4. The quantitative estimate of drug-likeness (QED) is 0.683. The van der Waals surface area contributed by atoms with Crippen molar-refractivity contribution >= 4 is 5.91 Å². The largest absolute Gasteiger partial charge is 0.335 e. The van der Waals surface area contributed by atoms with Gasteiger partial charge in [-0.3, -0.25) is 9.48 Å². The zero-order valence-electron chi connectivity index (χ0n) is 16.9. The number of benzene rings is 2. The van der Waals surface area contributed by atoms with Crippen LogP contribution in [-0.2, 0) is 7.05 Å². The molecule has 3 aromatic rings. The number of aromatic nitrogens is 2. The molecule has 0 saturated carbocycles. The zero-order valence-corrected chi connectivity index (χ0v) is 16.9. The van der Waals surface area contributed by atoms with Crippen LogP contribution in [0.2, 0.25) is 0 Å². The topological polar surface area (TPSA) is 41.4 Å². The Bertz CT molecular complexity index is 997. The summed E-state index contributed by atoms with van der Waals surface area (Å²) in [6.45, 7) is 1.22. The lowest BCUT2D eigenvalue weighted by atomic mass is 9.94. The first-order valence-electron chi connectivity index (χ1n) is 9.74. The molecule has 29 heavy (non-hydrogen) atoms. The minimum atomic E-state index is -0.246. The van der Waals surface area contributed by atoms with Gasteiger partial charge >= 0.3 is 0 Å². The van der Waals surface area contributed by atoms with Crippen molar-refractivity contribution in [2.24, 2.45) is 7.05 Å². The fourth-order valence-corrected chi connectivity index (χ4v) is 4.09. The van der Waals surface area contributed by atoms with Gasteiger partial charge in [-0.15, -0.1) is 0 Å². The van der Waals surface area contributed by atoms with Gasteiger partial charge < -0.3 is 9.80 Å². The molecule has 2 aromatic carbocycles. The van der Waals surface area contributed by atoms with Crippen LogP contribution in [0.25, 0.3) is 11.3 Å². The molecule has 5 nitrogen and oxygen atoms in total. The molecule has 150 valence electrons. The highest BCUT2D eigenvalue weighted by molar-refractivity contribution is 5.94. The van der Waals surface area contributed by atoms with Gasteiger partial charge in [0.1, 0.15) is 11.5 Å². The number of hydrogen-bond donors (Lipinski definition) is 0. The van der Waals surface area contributed by atoms with Gasteiger partial charge in [0.2, 0.25) is 0 Å². The van der Waals surface area contributed by atoms with E-state index in [9.17, 15) is 9.18 Å². The van der Waals surface area contributed by atoms with Crippen molar-refractivity contribution in [1.82, 2.24) is 19.6 Å². The summed E-state index contributed by atoms with van der Waals surface area (Å²) in [5.74, 6) is -0.139. The van der Waals surface area contributed by atoms with Crippen molar-refractivity contribution in [2.75, 3.05) is 27.2 Å². The summed E-state index contributed by atoms with van der Waals surface area (Å²) in [5, 5.41) is 4.53. The lowest BCUT2D eigenvalue weighted by Crippen LogP contribution is -2.36. The van der Waals surface area contributed by atoms with E-state index in [1.54, 1.807) is 11.7 Å². The van der Waals surface area contributed by atoms with E-state index in [0.29, 0.717) is 18.8 Å². The summed E-state index contributed by atoms with van der Waals surface area (Å²) in [6, 6.07) is 18.5. The first kappa shape index (κ1) is 19.3. The predicted molar refractivity (Wildman–Crippen MR) is 111 cm³/mol. The van der Waals surface area contributed by atoms with Crippen LogP contribution in [0.3, 0.4) is 0 Å². The van der Waals surface area contributed by atoms with Crippen LogP contribution in [0.1, 0.15) is 22.0 Å². The smallest absolute Gasteiger partial charge is 0.272 e. The Balaban J connectivity index is 1.59. The number of halogens is 1. The number of hydrogen-bond acceptors (Lipinski definition) is 3. The normalized spacial score (nSPS) is 19.1. The summed E-state index contributed by atoms with van der Waals surface area (Å²) in [5.41, 5.74) is 3.39. The zero-order chi connectivity index (χ0) is 20.5. The molecule has 0 aliphatic carbocycles. The Morgan fingerprint density at radius 3 is 2.41 bits per heavy atom. The number of nitrogens with zero attached hydrogens (tertiary/aromatic N) is 4. The summed E-state index contributed by atoms with van der Waals surface area (Å²) in [6.07, 6.45) is 0. The van der Waals surface area contributed by atoms with Crippen LogP contribution in [0.15, 0.2) is 60.7 Å². The third kappa shape index (κ3) is 3.80. The summed E-state index contributed by atoms with van der Waals surface area (Å²) < 4.78 is 15.0. The molecule has 4 rings (SSSR count). The summed E-state index contributed by atoms with van der Waals surface area (Å²) in [7, 11) is 5.84. The van der Waals surface area contributed by atoms with Crippen LogP contribution >= 0.6 is 0 Å². The molecular formula is C23H25FN4O. The fourth-order valence-electron chi connectivity index (χ4n) is 4.09. The third-order valence-corrected chi connectivity index (χ3v) is 5.71. The molecule has 6 heteroatoms. The molecule has 0 bridgehead atoms. The van der Waals surface area contributed by atoms with Gasteiger partial charge in [-0.1, -0.05) is 42.5 Å². The van der Waals surface area contributed by atoms with Gasteiger partial charge in [-0.2, -0.15) is 5.10 Å². The molecule has 1 aliphatic heterocycles. The molecule has 1 aromatic heterocycles. The average molecular weight is 392 g/mol. The molecule has 1 fully saturated rings. The van der Waals surface area contributed by atoms with E-state index >= 15 is 0 Å². The molecule has 0 radical (unpaired) electrons. The fraction of sp³-hybridized carbons (Fsp3) is 0.304. The number of aryl methyl sites for hydroxylation is 1. The van der Waals surface area contributed by atoms with Crippen molar-refractivity contribution in [1.29, 1.82) is 0 Å². The summed E-state index contributed by atoms with van der Waals surface area (Å²) >= 11 is 0. The van der Waals surface area contributed by atoms with Gasteiger partial charge in [0.05, 0.1) is 5.69 Å². The number of rotatable bonds is 4. The van der Waals surface area contributed by atoms with E-state index in [0.717, 1.165) is 16.8 Å². The highest BCUT2D eigenvalue weighted by Crippen LogP contribution is 2.31. The number of likely N-dealkylation sites (tertiary alicyclic amines) is 1. The van der Waals surface area contributed by atoms with Crippen molar-refractivity contribution in [3.63, 3.8) is 0 Å². The number of amides is 1. The Morgan fingerprint density at radius 1 is 1.07 bits per heavy atom. The number of carbonyl (C=O) groups is 1. The first-order chi connectivity index (χ1) is 13.9. The maximum atomic E-state index is 13.4. The van der Waals surface area contributed by atoms with E-state index in [4.69, 9.17) is 0 Å². The van der Waals surface area contributed by atoms with Gasteiger partial charge in [-0.25, -0.2) is 4.39 Å². The highest BCUT2D eigenvalue weighted by Gasteiger charge is 2.38. The molecular weight excluding hydrogens is 367 g/mol. The molecule has 0 unspecified atom stereocenters. The van der Waals surface area contributed by atoms with Crippen molar-refractivity contribution in [3.8, 4) is 11.3 Å². The number of carbonyl (C=O) groups excluding carboxylic acids is 1. The molecule has 0 spiro atoms. The van der Waals surface area contributed by atoms with E-state index in [-0.39, 0.29) is 23.7 Å². The lowest BCUT2D eigenvalue weighted by molar-refractivity contribution is 0.0771. The first-order valence-corrected chi connectivity index (χ1v) is 9.74. The van der Waals surface area contributed by atoms with E-state index < -0.39 is 0 Å². The monoisotopic (exact) mass is 392 g/mol. The SMILES string of the molecule is CN(C)[C@@H]1CN(C(=O)c2cc(-c3ccccc3)nn2C)C[C@H]1c1ccc(F)cc1. The third-order valence-electron chi connectivity index (χ3n) is 5.71. The van der Waals surface area contributed by atoms with Gasteiger partial charge in [0, 0.05) is 37.7 Å². The summed E-state index contributed by atoms with van der Waals surface area (Å²) in [4.78, 5) is 17.3.